The van der Waals surface area contributed by atoms with Crippen LogP contribution >= 0.6 is 0 Å². The van der Waals surface area contributed by atoms with Crippen LogP contribution in [0.15, 0.2) is 36.7 Å². The van der Waals surface area contributed by atoms with Crippen molar-refractivity contribution in [3.8, 4) is 23.0 Å². The highest BCUT2D eigenvalue weighted by Crippen LogP contribution is 2.34. The first-order valence-electron chi connectivity index (χ1n) is 13.5. The van der Waals surface area contributed by atoms with Gasteiger partial charge < -0.3 is 40.0 Å². The van der Waals surface area contributed by atoms with Crippen molar-refractivity contribution in [3.05, 3.63) is 53.9 Å². The predicted molar refractivity (Wildman–Crippen MR) is 155 cm³/mol. The monoisotopic (exact) mass is 588 g/mol. The van der Waals surface area contributed by atoms with Crippen molar-refractivity contribution in [2.75, 3.05) is 44.6 Å². The minimum Gasteiger partial charge on any atom is -0.495 e. The van der Waals surface area contributed by atoms with Gasteiger partial charge in [0.1, 0.15) is 12.4 Å². The summed E-state index contributed by atoms with van der Waals surface area (Å²) in [6, 6.07) is 7.08. The second kappa shape index (κ2) is 13.4. The van der Waals surface area contributed by atoms with Crippen LogP contribution in [0, 0.1) is 11.6 Å². The van der Waals surface area contributed by atoms with E-state index in [1.54, 1.807) is 21.0 Å². The molecule has 1 aromatic heterocycles. The zero-order valence-corrected chi connectivity index (χ0v) is 24.4. The van der Waals surface area contributed by atoms with Gasteiger partial charge in [-0.05, 0) is 38.8 Å². The molecule has 228 valence electrons. The molecule has 1 saturated heterocycles. The molecule has 3 aromatic rings. The number of nitrogens with one attached hydrogen (secondary N) is 2. The Kier molecular flexibility index (Phi) is 9.86. The highest BCUT2D eigenvalue weighted by Gasteiger charge is 2.30. The fourth-order valence-corrected chi connectivity index (χ4v) is 4.65. The van der Waals surface area contributed by atoms with Crippen molar-refractivity contribution in [2.24, 2.45) is 5.73 Å². The number of aliphatic hydroxyl groups is 1. The molecule has 0 amide bonds. The molecule has 4 rings (SSSR count). The maximum Gasteiger partial charge on any atom is 0.227 e. The fraction of sp³-hybridized carbons (Fsp3) is 0.448. The highest BCUT2D eigenvalue weighted by molar-refractivity contribution is 5.67. The lowest BCUT2D eigenvalue weighted by atomic mass is 9.99. The van der Waals surface area contributed by atoms with Crippen LogP contribution in [0.25, 0.3) is 0 Å². The van der Waals surface area contributed by atoms with Gasteiger partial charge in [0.05, 0.1) is 56.7 Å². The van der Waals surface area contributed by atoms with Crippen molar-refractivity contribution in [2.45, 2.75) is 51.1 Å². The minimum absolute atomic E-state index is 0.155. The molecule has 0 spiro atoms. The summed E-state index contributed by atoms with van der Waals surface area (Å²) in [5, 5.41) is 16.4. The number of methoxy groups -OCH3 is 3. The summed E-state index contributed by atoms with van der Waals surface area (Å²) in [4.78, 5) is 10.7. The Labute approximate surface area is 244 Å². The Hall–Kier alpha value is -3.94. The van der Waals surface area contributed by atoms with Crippen LogP contribution < -0.4 is 40.2 Å². The van der Waals surface area contributed by atoms with Gasteiger partial charge in [-0.3, -0.25) is 5.32 Å². The Morgan fingerprint density at radius 2 is 1.62 bits per heavy atom. The number of aromatic nitrogens is 2. The first kappa shape index (κ1) is 31.0. The smallest absolute Gasteiger partial charge is 0.227 e. The minimum atomic E-state index is -0.872. The second-order valence-electron chi connectivity index (χ2n) is 10.3. The summed E-state index contributed by atoms with van der Waals surface area (Å²) in [6.07, 6.45) is 3.87. The molecule has 2 atom stereocenters. The lowest BCUT2D eigenvalue weighted by molar-refractivity contribution is 0.0771. The van der Waals surface area contributed by atoms with Crippen LogP contribution in [0.3, 0.4) is 0 Å². The molecule has 42 heavy (non-hydrogen) atoms. The van der Waals surface area contributed by atoms with Gasteiger partial charge in [-0.25, -0.2) is 18.7 Å². The molecule has 1 fully saturated rings. The Bertz CT molecular complexity index is 1320. The van der Waals surface area contributed by atoms with E-state index in [1.807, 2.05) is 18.2 Å². The zero-order chi connectivity index (χ0) is 30.4. The Balaban J connectivity index is 1.37. The molecule has 2 heterocycles. The van der Waals surface area contributed by atoms with E-state index in [-0.39, 0.29) is 28.9 Å². The number of piperidine rings is 1. The zero-order valence-electron chi connectivity index (χ0n) is 24.4. The molecular formula is C29H38F2N6O5. The van der Waals surface area contributed by atoms with E-state index >= 15 is 0 Å². The number of hydrogen-bond acceptors (Lipinski definition) is 11. The number of halogens is 2. The average molecular weight is 589 g/mol. The van der Waals surface area contributed by atoms with Crippen molar-refractivity contribution in [1.82, 2.24) is 15.3 Å². The van der Waals surface area contributed by atoms with E-state index in [0.29, 0.717) is 17.4 Å². The third kappa shape index (κ3) is 7.09. The molecule has 0 radical (unpaired) electrons. The van der Waals surface area contributed by atoms with Gasteiger partial charge in [0.2, 0.25) is 5.95 Å². The largest absolute Gasteiger partial charge is 0.495 e. The average Bonchev–Trinajstić information content (AvgIpc) is 2.98. The fourth-order valence-electron chi connectivity index (χ4n) is 4.65. The number of hydrogen-bond donors (Lipinski definition) is 4. The van der Waals surface area contributed by atoms with Crippen LogP contribution in [0.4, 0.5) is 26.1 Å². The van der Waals surface area contributed by atoms with Crippen LogP contribution in [-0.2, 0) is 6.61 Å². The maximum atomic E-state index is 14.6. The lowest BCUT2D eigenvalue weighted by Crippen LogP contribution is -2.62. The first-order valence-corrected chi connectivity index (χ1v) is 13.5. The van der Waals surface area contributed by atoms with E-state index in [4.69, 9.17) is 24.7 Å². The second-order valence-corrected chi connectivity index (χ2v) is 10.3. The molecule has 1 aliphatic heterocycles. The van der Waals surface area contributed by atoms with Gasteiger partial charge in [-0.15, -0.1) is 0 Å². The summed E-state index contributed by atoms with van der Waals surface area (Å²) >= 11 is 0. The van der Waals surface area contributed by atoms with E-state index < -0.39 is 30.0 Å². The summed E-state index contributed by atoms with van der Waals surface area (Å²) in [7, 11) is 4.18. The SMILES string of the molecule is COc1cc(Nc2ncc(OCc3c(F)c(OC)cc(OC)c3F)cn2)ccc1N1CCC(N[C@](C)(N)C(C)O)CC1. The van der Waals surface area contributed by atoms with Gasteiger partial charge in [0.15, 0.2) is 28.9 Å². The quantitative estimate of drug-likeness (QED) is 0.231. The van der Waals surface area contributed by atoms with Crippen molar-refractivity contribution < 1.29 is 32.8 Å². The van der Waals surface area contributed by atoms with E-state index in [2.05, 4.69) is 25.5 Å². The molecule has 1 aliphatic rings. The normalized spacial score (nSPS) is 16.0. The highest BCUT2D eigenvalue weighted by atomic mass is 19.1. The summed E-state index contributed by atoms with van der Waals surface area (Å²) in [6.45, 7) is 4.67. The molecule has 13 heteroatoms. The summed E-state index contributed by atoms with van der Waals surface area (Å²) < 4.78 is 50.3. The lowest BCUT2D eigenvalue weighted by Gasteiger charge is -2.39. The summed E-state index contributed by atoms with van der Waals surface area (Å²) in [5.74, 6) is -0.846. The van der Waals surface area contributed by atoms with Gasteiger partial charge in [-0.1, -0.05) is 0 Å². The van der Waals surface area contributed by atoms with Gasteiger partial charge in [0, 0.05) is 37.0 Å². The van der Waals surface area contributed by atoms with Crippen molar-refractivity contribution >= 4 is 17.3 Å². The van der Waals surface area contributed by atoms with Gasteiger partial charge in [0.25, 0.3) is 0 Å². The van der Waals surface area contributed by atoms with E-state index in [1.165, 1.54) is 26.6 Å². The standard InChI is InChI=1S/C29H38F2N6O5/c1-17(38)29(2,32)36-18-8-10-37(11-9-18)22-7-6-19(12-23(22)39-3)35-28-33-14-20(15-34-28)42-16-21-26(30)24(40-4)13-25(41-5)27(21)31/h6-7,12-15,17-18,36,38H,8-11,16,32H2,1-5H3,(H,33,34,35)/t17?,29-/m0/s1. The molecule has 2 aromatic carbocycles. The maximum absolute atomic E-state index is 14.6. The topological polar surface area (TPSA) is 136 Å². The molecule has 0 bridgehead atoms. The van der Waals surface area contributed by atoms with Crippen LogP contribution in [0.5, 0.6) is 23.0 Å². The molecular weight excluding hydrogens is 550 g/mol. The number of rotatable bonds is 12. The Morgan fingerprint density at radius 3 is 2.17 bits per heavy atom. The number of ether oxygens (including phenoxy) is 4. The van der Waals surface area contributed by atoms with Gasteiger partial charge >= 0.3 is 0 Å². The first-order chi connectivity index (χ1) is 20.1. The van der Waals surface area contributed by atoms with Crippen LogP contribution in [-0.4, -0.2) is 67.3 Å². The van der Waals surface area contributed by atoms with E-state index in [9.17, 15) is 13.9 Å². The number of aliphatic hydroxyl groups excluding tert-OH is 1. The van der Waals surface area contributed by atoms with Crippen LogP contribution in [0.1, 0.15) is 32.3 Å². The van der Waals surface area contributed by atoms with Crippen molar-refractivity contribution in [1.29, 1.82) is 0 Å². The molecule has 5 N–H and O–H groups in total. The predicted octanol–water partition coefficient (Wildman–Crippen LogP) is 3.72. The number of nitrogens with zero attached hydrogens (tertiary/aromatic N) is 3. The third-order valence-corrected chi connectivity index (χ3v) is 7.33. The number of benzene rings is 2. The molecule has 0 saturated carbocycles. The van der Waals surface area contributed by atoms with Crippen molar-refractivity contribution in [3.63, 3.8) is 0 Å². The number of nitrogens with two attached hydrogens (primary N) is 1. The number of anilines is 3. The summed E-state index contributed by atoms with van der Waals surface area (Å²) in [5.41, 5.74) is 6.68. The Morgan fingerprint density at radius 1 is 1.02 bits per heavy atom. The third-order valence-electron chi connectivity index (χ3n) is 7.33. The molecule has 1 unspecified atom stereocenters. The van der Waals surface area contributed by atoms with E-state index in [0.717, 1.165) is 37.7 Å². The van der Waals surface area contributed by atoms with Gasteiger partial charge in [-0.2, -0.15) is 0 Å². The molecule has 0 aliphatic carbocycles. The van der Waals surface area contributed by atoms with Crippen LogP contribution in [0.2, 0.25) is 0 Å². The molecule has 11 nitrogen and oxygen atoms in total.